The van der Waals surface area contributed by atoms with E-state index in [0.29, 0.717) is 0 Å². The van der Waals surface area contributed by atoms with Crippen LogP contribution in [0.15, 0.2) is 89.7 Å². The Morgan fingerprint density at radius 3 is 2.33 bits per heavy atom. The van der Waals surface area contributed by atoms with Crippen LogP contribution in [0, 0.1) is 6.07 Å². The van der Waals surface area contributed by atoms with Crippen molar-refractivity contribution >= 4 is 10.8 Å². The SMILES string of the molecule is O=c1ccc2ccccc2[c-]1-c1ccccc1-c1[c-]cccc1.[Pd+2]. The smallest absolute Gasteiger partial charge is 0.304 e. The summed E-state index contributed by atoms with van der Waals surface area (Å²) in [5.74, 6) is 0. The summed E-state index contributed by atoms with van der Waals surface area (Å²) in [6.45, 7) is 0. The Hall–Kier alpha value is -2.40. The normalized spacial score (nSPS) is 10.3. The molecule has 24 heavy (non-hydrogen) atoms. The Morgan fingerprint density at radius 1 is 0.750 bits per heavy atom. The van der Waals surface area contributed by atoms with Crippen molar-refractivity contribution in [1.29, 1.82) is 0 Å². The first-order valence-corrected chi connectivity index (χ1v) is 7.60. The largest absolute Gasteiger partial charge is 2.00 e. The van der Waals surface area contributed by atoms with Gasteiger partial charge in [0, 0.05) is 0 Å². The van der Waals surface area contributed by atoms with E-state index < -0.39 is 0 Å². The van der Waals surface area contributed by atoms with Crippen molar-refractivity contribution in [3.05, 3.63) is 101 Å². The van der Waals surface area contributed by atoms with E-state index in [9.17, 15) is 4.79 Å². The third-order valence-corrected chi connectivity index (χ3v) is 4.09. The topological polar surface area (TPSA) is 17.1 Å². The van der Waals surface area contributed by atoms with Crippen LogP contribution in [0.1, 0.15) is 0 Å². The second kappa shape index (κ2) is 7.01. The second-order valence-electron chi connectivity index (χ2n) is 5.48. The summed E-state index contributed by atoms with van der Waals surface area (Å²) < 4.78 is 0. The molecule has 0 aromatic heterocycles. The Kier molecular flexibility index (Phi) is 4.81. The fraction of sp³-hybridized carbons (Fsp3) is 0. The average molecular weight is 401 g/mol. The fourth-order valence-electron chi connectivity index (χ4n) is 3.03. The maximum Gasteiger partial charge on any atom is 2.00 e. The van der Waals surface area contributed by atoms with Crippen LogP contribution in [-0.4, -0.2) is 0 Å². The predicted molar refractivity (Wildman–Crippen MR) is 95.5 cm³/mol. The van der Waals surface area contributed by atoms with E-state index in [2.05, 4.69) is 6.07 Å². The van der Waals surface area contributed by atoms with Crippen LogP contribution in [0.5, 0.6) is 0 Å². The van der Waals surface area contributed by atoms with E-state index in [1.54, 1.807) is 6.07 Å². The van der Waals surface area contributed by atoms with Crippen LogP contribution in [0.4, 0.5) is 0 Å². The van der Waals surface area contributed by atoms with Gasteiger partial charge < -0.3 is 4.79 Å². The molecule has 0 amide bonds. The van der Waals surface area contributed by atoms with Gasteiger partial charge in [-0.3, -0.25) is 0 Å². The molecule has 0 saturated carbocycles. The predicted octanol–water partition coefficient (Wildman–Crippen LogP) is 5.05. The number of hydrogen-bond donors (Lipinski definition) is 0. The second-order valence-corrected chi connectivity index (χ2v) is 5.48. The molecule has 4 aromatic rings. The van der Waals surface area contributed by atoms with Crippen LogP contribution < -0.4 is 5.43 Å². The molecule has 1 nitrogen and oxygen atoms in total. The van der Waals surface area contributed by atoms with Crippen molar-refractivity contribution < 1.29 is 20.4 Å². The van der Waals surface area contributed by atoms with E-state index in [0.717, 1.165) is 33.0 Å². The molecule has 118 valence electrons. The molecule has 0 unspecified atom stereocenters. The summed E-state index contributed by atoms with van der Waals surface area (Å²) in [5.41, 5.74) is 3.79. The van der Waals surface area contributed by atoms with Crippen LogP contribution in [0.3, 0.4) is 0 Å². The summed E-state index contributed by atoms with van der Waals surface area (Å²) in [6.07, 6.45) is 0. The van der Waals surface area contributed by atoms with Crippen molar-refractivity contribution in [2.24, 2.45) is 0 Å². The zero-order valence-corrected chi connectivity index (χ0v) is 14.4. The number of benzene rings is 4. The number of fused-ring (bicyclic) bond motifs is 1. The molecule has 4 aromatic carbocycles. The maximum atomic E-state index is 12.6. The van der Waals surface area contributed by atoms with Crippen LogP contribution in [0.2, 0.25) is 0 Å². The zero-order valence-electron chi connectivity index (χ0n) is 12.8. The van der Waals surface area contributed by atoms with Gasteiger partial charge in [-0.1, -0.05) is 53.2 Å². The molecule has 0 heterocycles. The Balaban J connectivity index is 0.00000169. The van der Waals surface area contributed by atoms with Gasteiger partial charge in [-0.25, -0.2) is 0 Å². The zero-order chi connectivity index (χ0) is 15.6. The van der Waals surface area contributed by atoms with Crippen LogP contribution in [-0.2, 0) is 20.4 Å². The van der Waals surface area contributed by atoms with Gasteiger partial charge in [-0.15, -0.1) is 65.2 Å². The molecule has 0 fully saturated rings. The summed E-state index contributed by atoms with van der Waals surface area (Å²) in [4.78, 5) is 12.6. The van der Waals surface area contributed by atoms with Gasteiger partial charge in [-0.05, 0) is 5.56 Å². The minimum atomic E-state index is 0. The van der Waals surface area contributed by atoms with Gasteiger partial charge in [-0.2, -0.15) is 0 Å². The Bertz CT molecular complexity index is 1030. The third-order valence-electron chi connectivity index (χ3n) is 4.09. The van der Waals surface area contributed by atoms with Gasteiger partial charge >= 0.3 is 20.4 Å². The molecule has 0 aliphatic rings. The van der Waals surface area contributed by atoms with Crippen LogP contribution >= 0.6 is 0 Å². The molecule has 0 radical (unpaired) electrons. The summed E-state index contributed by atoms with van der Waals surface area (Å²) in [6, 6.07) is 30.7. The van der Waals surface area contributed by atoms with Gasteiger partial charge in [0.1, 0.15) is 5.43 Å². The first-order valence-electron chi connectivity index (χ1n) is 7.60. The van der Waals surface area contributed by atoms with E-state index in [1.807, 2.05) is 78.9 Å². The molecule has 0 aliphatic heterocycles. The maximum absolute atomic E-state index is 12.6. The average Bonchev–Trinajstić information content (AvgIpc) is 2.62. The van der Waals surface area contributed by atoms with Crippen molar-refractivity contribution in [3.8, 4) is 22.3 Å². The molecule has 0 spiro atoms. The summed E-state index contributed by atoms with van der Waals surface area (Å²) in [7, 11) is 0. The van der Waals surface area contributed by atoms with Crippen molar-refractivity contribution in [1.82, 2.24) is 0 Å². The molecule has 0 saturated heterocycles. The van der Waals surface area contributed by atoms with Crippen molar-refractivity contribution in [3.63, 3.8) is 0 Å². The molecular weight excluding hydrogens is 387 g/mol. The fourth-order valence-corrected chi connectivity index (χ4v) is 3.03. The molecular formula is C22H14OPd. The summed E-state index contributed by atoms with van der Waals surface area (Å²) >= 11 is 0. The molecule has 0 bridgehead atoms. The quantitative estimate of drug-likeness (QED) is 0.340. The molecule has 4 rings (SSSR count). The van der Waals surface area contributed by atoms with E-state index >= 15 is 0 Å². The Morgan fingerprint density at radius 2 is 1.50 bits per heavy atom. The van der Waals surface area contributed by atoms with Gasteiger partial charge in [0.05, 0.1) is 0 Å². The first kappa shape index (κ1) is 16.5. The first-order chi connectivity index (χ1) is 11.3. The molecule has 0 aliphatic carbocycles. The minimum absolute atomic E-state index is 0. The third kappa shape index (κ3) is 2.87. The van der Waals surface area contributed by atoms with E-state index in [1.165, 1.54) is 0 Å². The molecule has 0 atom stereocenters. The summed E-state index contributed by atoms with van der Waals surface area (Å²) in [5, 5.41) is 2.07. The van der Waals surface area contributed by atoms with Crippen molar-refractivity contribution in [2.75, 3.05) is 0 Å². The molecule has 2 heteroatoms. The Labute approximate surface area is 154 Å². The number of rotatable bonds is 2. The van der Waals surface area contributed by atoms with Crippen molar-refractivity contribution in [2.45, 2.75) is 0 Å². The van der Waals surface area contributed by atoms with E-state index in [-0.39, 0.29) is 25.9 Å². The van der Waals surface area contributed by atoms with Gasteiger partial charge in [0.15, 0.2) is 0 Å². The molecule has 0 N–H and O–H groups in total. The monoisotopic (exact) mass is 400 g/mol. The van der Waals surface area contributed by atoms with E-state index in [4.69, 9.17) is 0 Å². The van der Waals surface area contributed by atoms with Gasteiger partial charge in [0.2, 0.25) is 0 Å². The minimum Gasteiger partial charge on any atom is -0.304 e. The van der Waals surface area contributed by atoms with Crippen LogP contribution in [0.25, 0.3) is 33.0 Å². The number of hydrogen-bond acceptors (Lipinski definition) is 1. The standard InChI is InChI=1S/C22H14O.Pd/c23-21-15-14-17-10-4-5-12-19(17)22(21)20-13-7-6-11-18(20)16-8-2-1-3-9-16;/h1-8,10-15H;/q-2;+2. The van der Waals surface area contributed by atoms with Gasteiger partial charge in [0.25, 0.3) is 0 Å².